The van der Waals surface area contributed by atoms with Crippen molar-refractivity contribution in [3.8, 4) is 5.75 Å². The van der Waals surface area contributed by atoms with Crippen LogP contribution in [0.4, 0.5) is 10.5 Å². The van der Waals surface area contributed by atoms with Gasteiger partial charge in [-0.2, -0.15) is 0 Å². The van der Waals surface area contributed by atoms with Gasteiger partial charge in [-0.1, -0.05) is 6.07 Å². The van der Waals surface area contributed by atoms with Gasteiger partial charge in [-0.05, 0) is 43.0 Å². The Morgan fingerprint density at radius 2 is 2.00 bits per heavy atom. The van der Waals surface area contributed by atoms with Gasteiger partial charge < -0.3 is 24.6 Å². The quantitative estimate of drug-likeness (QED) is 0.726. The Morgan fingerprint density at radius 3 is 2.68 bits per heavy atom. The molecule has 0 aliphatic carbocycles. The zero-order valence-electron chi connectivity index (χ0n) is 18.4. The van der Waals surface area contributed by atoms with Crippen LogP contribution in [0.5, 0.6) is 5.75 Å². The molecule has 166 valence electrons. The Balaban J connectivity index is 1.82. The number of fused-ring (bicyclic) bond motifs is 1. The molecule has 1 N–H and O–H groups in total. The number of hydrogen-bond acceptors (Lipinski definition) is 6. The van der Waals surface area contributed by atoms with Crippen LogP contribution in [0.2, 0.25) is 0 Å². The minimum atomic E-state index is -0.521. The lowest BCUT2D eigenvalue weighted by Gasteiger charge is -2.36. The molecule has 3 rings (SSSR count). The van der Waals surface area contributed by atoms with Crippen LogP contribution in [0.1, 0.15) is 41.6 Å². The number of benzene rings is 1. The summed E-state index contributed by atoms with van der Waals surface area (Å²) in [6.45, 7) is 6.57. The second-order valence-corrected chi connectivity index (χ2v) is 8.73. The number of carbonyl (C=O) groups is 3. The van der Waals surface area contributed by atoms with E-state index in [0.29, 0.717) is 36.0 Å². The molecule has 0 bridgehead atoms. The largest absolute Gasteiger partial charge is 0.491 e. The molecule has 31 heavy (non-hydrogen) atoms. The number of nitrogens with zero attached hydrogens (tertiary/aromatic N) is 2. The highest BCUT2D eigenvalue weighted by atomic mass is 32.1. The standard InChI is InChI=1S/C22H27N3O5S/c1-14(26)24(4)22(2,3)16-6-7-18-15(12-16)13-25(9-10-30-18)21(28)23-17-8-11-31-19(17)20(27)29-5/h6-8,11-12H,9-10,13H2,1-5H3,(H,23,28). The van der Waals surface area contributed by atoms with Crippen LogP contribution >= 0.6 is 11.3 Å². The van der Waals surface area contributed by atoms with E-state index in [0.717, 1.165) is 11.1 Å². The van der Waals surface area contributed by atoms with E-state index in [-0.39, 0.29) is 11.9 Å². The van der Waals surface area contributed by atoms with Gasteiger partial charge in [-0.15, -0.1) is 11.3 Å². The van der Waals surface area contributed by atoms with Gasteiger partial charge in [0, 0.05) is 19.5 Å². The number of thiophene rings is 1. The number of esters is 1. The van der Waals surface area contributed by atoms with Crippen LogP contribution in [-0.2, 0) is 21.6 Å². The first-order valence-electron chi connectivity index (χ1n) is 9.87. The van der Waals surface area contributed by atoms with E-state index < -0.39 is 11.5 Å². The molecule has 1 aromatic heterocycles. The predicted molar refractivity (Wildman–Crippen MR) is 118 cm³/mol. The summed E-state index contributed by atoms with van der Waals surface area (Å²) in [5.41, 5.74) is 1.70. The molecule has 2 aromatic rings. The summed E-state index contributed by atoms with van der Waals surface area (Å²) in [5.74, 6) is 0.191. The Bertz CT molecular complexity index is 1000. The highest BCUT2D eigenvalue weighted by Crippen LogP contribution is 2.32. The zero-order chi connectivity index (χ0) is 22.8. The van der Waals surface area contributed by atoms with Crippen molar-refractivity contribution in [2.24, 2.45) is 0 Å². The minimum absolute atomic E-state index is 0.0330. The van der Waals surface area contributed by atoms with Gasteiger partial charge in [0.25, 0.3) is 0 Å². The summed E-state index contributed by atoms with van der Waals surface area (Å²) in [6.07, 6.45) is 0. The molecule has 1 aliphatic rings. The Hall–Kier alpha value is -3.07. The first-order valence-corrected chi connectivity index (χ1v) is 10.8. The maximum absolute atomic E-state index is 12.9. The van der Waals surface area contributed by atoms with Crippen molar-refractivity contribution in [2.45, 2.75) is 32.9 Å². The minimum Gasteiger partial charge on any atom is -0.491 e. The summed E-state index contributed by atoms with van der Waals surface area (Å²) in [6, 6.07) is 7.16. The second-order valence-electron chi connectivity index (χ2n) is 7.81. The van der Waals surface area contributed by atoms with Crippen molar-refractivity contribution in [3.05, 3.63) is 45.6 Å². The fourth-order valence-electron chi connectivity index (χ4n) is 3.39. The van der Waals surface area contributed by atoms with Crippen molar-refractivity contribution in [1.82, 2.24) is 9.80 Å². The lowest BCUT2D eigenvalue weighted by Crippen LogP contribution is -2.41. The van der Waals surface area contributed by atoms with Crippen molar-refractivity contribution in [2.75, 3.05) is 32.6 Å². The molecule has 8 nitrogen and oxygen atoms in total. The summed E-state index contributed by atoms with van der Waals surface area (Å²) in [7, 11) is 3.07. The molecule has 0 fully saturated rings. The SMILES string of the molecule is COC(=O)c1sccc1NC(=O)N1CCOc2ccc(C(C)(C)N(C)C(C)=O)cc2C1. The number of anilines is 1. The van der Waals surface area contributed by atoms with Crippen LogP contribution in [0.15, 0.2) is 29.6 Å². The molecule has 0 saturated heterocycles. The number of rotatable bonds is 4. The molecule has 2 heterocycles. The normalized spacial score (nSPS) is 13.5. The van der Waals surface area contributed by atoms with Gasteiger partial charge in [-0.3, -0.25) is 4.79 Å². The predicted octanol–water partition coefficient (Wildman–Crippen LogP) is 3.67. The lowest BCUT2D eigenvalue weighted by molar-refractivity contribution is -0.132. The van der Waals surface area contributed by atoms with E-state index in [2.05, 4.69) is 5.32 Å². The van der Waals surface area contributed by atoms with E-state index >= 15 is 0 Å². The zero-order valence-corrected chi connectivity index (χ0v) is 19.2. The molecule has 9 heteroatoms. The summed E-state index contributed by atoms with van der Waals surface area (Å²) < 4.78 is 10.6. The molecule has 0 radical (unpaired) electrons. The summed E-state index contributed by atoms with van der Waals surface area (Å²) >= 11 is 1.21. The van der Waals surface area contributed by atoms with Crippen molar-refractivity contribution in [3.63, 3.8) is 0 Å². The molecule has 0 spiro atoms. The van der Waals surface area contributed by atoms with E-state index in [1.165, 1.54) is 25.4 Å². The van der Waals surface area contributed by atoms with E-state index in [1.807, 2.05) is 32.0 Å². The number of methoxy groups -OCH3 is 1. The summed E-state index contributed by atoms with van der Waals surface area (Å²) in [5, 5.41) is 4.52. The number of hydrogen-bond donors (Lipinski definition) is 1. The van der Waals surface area contributed by atoms with Crippen LogP contribution in [-0.4, -0.2) is 55.0 Å². The number of urea groups is 1. The van der Waals surface area contributed by atoms with Gasteiger partial charge in [0.15, 0.2) is 0 Å². The topological polar surface area (TPSA) is 88.2 Å². The average Bonchev–Trinajstić information content (AvgIpc) is 3.08. The number of nitrogens with one attached hydrogen (secondary N) is 1. The number of ether oxygens (including phenoxy) is 2. The highest BCUT2D eigenvalue weighted by Gasteiger charge is 2.30. The monoisotopic (exact) mass is 445 g/mol. The number of amides is 3. The molecule has 1 aliphatic heterocycles. The maximum atomic E-state index is 12.9. The second kappa shape index (κ2) is 8.97. The van der Waals surface area contributed by atoms with E-state index in [1.54, 1.807) is 28.3 Å². The third-order valence-electron chi connectivity index (χ3n) is 5.62. The third kappa shape index (κ3) is 4.66. The van der Waals surface area contributed by atoms with Crippen LogP contribution < -0.4 is 10.1 Å². The van der Waals surface area contributed by atoms with Crippen LogP contribution in [0.25, 0.3) is 0 Å². The maximum Gasteiger partial charge on any atom is 0.350 e. The Labute approximate surface area is 185 Å². The fraction of sp³-hybridized carbons (Fsp3) is 0.409. The molecule has 0 unspecified atom stereocenters. The van der Waals surface area contributed by atoms with E-state index in [4.69, 9.17) is 9.47 Å². The highest BCUT2D eigenvalue weighted by molar-refractivity contribution is 7.12. The molecule has 0 saturated carbocycles. The molecule has 3 amide bonds. The smallest absolute Gasteiger partial charge is 0.350 e. The Morgan fingerprint density at radius 1 is 1.26 bits per heavy atom. The van der Waals surface area contributed by atoms with E-state index in [9.17, 15) is 14.4 Å². The molecule has 0 atom stereocenters. The van der Waals surface area contributed by atoms with Crippen LogP contribution in [0, 0.1) is 0 Å². The fourth-order valence-corrected chi connectivity index (χ4v) is 4.15. The third-order valence-corrected chi connectivity index (χ3v) is 6.52. The van der Waals surface area contributed by atoms with Gasteiger partial charge in [0.1, 0.15) is 17.2 Å². The summed E-state index contributed by atoms with van der Waals surface area (Å²) in [4.78, 5) is 40.4. The first-order chi connectivity index (χ1) is 14.6. The van der Waals surface area contributed by atoms with Gasteiger partial charge in [-0.25, -0.2) is 9.59 Å². The van der Waals surface area contributed by atoms with Crippen LogP contribution in [0.3, 0.4) is 0 Å². The van der Waals surface area contributed by atoms with Gasteiger partial charge >= 0.3 is 12.0 Å². The average molecular weight is 446 g/mol. The first kappa shape index (κ1) is 22.6. The van der Waals surface area contributed by atoms with Gasteiger partial charge in [0.2, 0.25) is 5.91 Å². The van der Waals surface area contributed by atoms with Gasteiger partial charge in [0.05, 0.1) is 31.4 Å². The molecule has 1 aromatic carbocycles. The van der Waals surface area contributed by atoms with Crippen molar-refractivity contribution < 1.29 is 23.9 Å². The lowest BCUT2D eigenvalue weighted by atomic mass is 9.91. The Kier molecular flexibility index (Phi) is 6.54. The van der Waals surface area contributed by atoms with Crippen molar-refractivity contribution in [1.29, 1.82) is 0 Å². The molecular weight excluding hydrogens is 418 g/mol. The molecular formula is C22H27N3O5S. The number of carbonyl (C=O) groups excluding carboxylic acids is 3. The van der Waals surface area contributed by atoms with Crippen molar-refractivity contribution >= 4 is 34.9 Å².